The lowest BCUT2D eigenvalue weighted by molar-refractivity contribution is -0.120. The fourth-order valence-electron chi connectivity index (χ4n) is 3.36. The molecule has 2 atom stereocenters. The van der Waals surface area contributed by atoms with Crippen LogP contribution in [-0.2, 0) is 11.3 Å². The summed E-state index contributed by atoms with van der Waals surface area (Å²) in [6, 6.07) is 15.6. The first-order valence-corrected chi connectivity index (χ1v) is 10.7. The maximum absolute atomic E-state index is 12.8. The number of hydrogen-bond donors (Lipinski definition) is 2. The normalized spacial score (nSPS) is 16.1. The molecule has 1 heterocycles. The van der Waals surface area contributed by atoms with E-state index in [-0.39, 0.29) is 42.7 Å². The Bertz CT molecular complexity index is 770. The molecule has 4 nitrogen and oxygen atoms in total. The Hall–Kier alpha value is -1.24. The van der Waals surface area contributed by atoms with Crippen LogP contribution in [0.5, 0.6) is 0 Å². The van der Waals surface area contributed by atoms with Gasteiger partial charge >= 0.3 is 0 Å². The molecule has 0 spiro atoms. The molecular weight excluding hydrogens is 425 g/mol. The van der Waals surface area contributed by atoms with Gasteiger partial charge in [-0.1, -0.05) is 49.4 Å². The Labute approximate surface area is 190 Å². The first kappa shape index (κ1) is 25.8. The number of benzene rings is 2. The molecule has 7 heteroatoms. The van der Waals surface area contributed by atoms with E-state index in [0.29, 0.717) is 0 Å². The smallest absolute Gasteiger partial charge is 0.229 e. The zero-order chi connectivity index (χ0) is 19.2. The van der Waals surface area contributed by atoms with Crippen molar-refractivity contribution in [2.45, 2.75) is 26.4 Å². The molecular formula is C22H31Cl2N3OS. The second kappa shape index (κ2) is 12.5. The van der Waals surface area contributed by atoms with Crippen LogP contribution in [0.4, 0.5) is 5.69 Å². The van der Waals surface area contributed by atoms with Crippen molar-refractivity contribution >= 4 is 48.2 Å². The summed E-state index contributed by atoms with van der Waals surface area (Å²) < 4.78 is 0. The second-order valence-corrected chi connectivity index (χ2v) is 8.42. The summed E-state index contributed by atoms with van der Waals surface area (Å²) in [4.78, 5) is 15.3. The molecule has 3 rings (SSSR count). The van der Waals surface area contributed by atoms with Crippen molar-refractivity contribution in [3.8, 4) is 0 Å². The van der Waals surface area contributed by atoms with Gasteiger partial charge in [0, 0.05) is 42.9 Å². The molecule has 29 heavy (non-hydrogen) atoms. The van der Waals surface area contributed by atoms with Crippen LogP contribution in [0.15, 0.2) is 48.5 Å². The molecule has 0 bridgehead atoms. The predicted molar refractivity (Wildman–Crippen MR) is 129 cm³/mol. The van der Waals surface area contributed by atoms with E-state index in [0.717, 1.165) is 36.4 Å². The molecule has 1 saturated heterocycles. The highest BCUT2D eigenvalue weighted by atomic mass is 35.5. The molecule has 1 aliphatic rings. The minimum absolute atomic E-state index is 0. The molecule has 2 aromatic rings. The van der Waals surface area contributed by atoms with Crippen molar-refractivity contribution in [3.63, 3.8) is 0 Å². The van der Waals surface area contributed by atoms with E-state index in [2.05, 4.69) is 23.2 Å². The lowest BCUT2D eigenvalue weighted by atomic mass is 9.94. The Morgan fingerprint density at radius 2 is 1.76 bits per heavy atom. The Morgan fingerprint density at radius 3 is 2.41 bits per heavy atom. The van der Waals surface area contributed by atoms with Gasteiger partial charge in [0.05, 0.1) is 5.92 Å². The van der Waals surface area contributed by atoms with E-state index in [1.54, 1.807) is 0 Å². The van der Waals surface area contributed by atoms with Crippen LogP contribution in [0.3, 0.4) is 0 Å². The molecule has 0 aromatic heterocycles. The van der Waals surface area contributed by atoms with Crippen LogP contribution in [0, 0.1) is 12.8 Å². The number of rotatable bonds is 6. The quantitative estimate of drug-likeness (QED) is 0.664. The third kappa shape index (κ3) is 6.90. The summed E-state index contributed by atoms with van der Waals surface area (Å²) >= 11 is 2.02. The van der Waals surface area contributed by atoms with E-state index in [1.165, 1.54) is 17.1 Å². The van der Waals surface area contributed by atoms with Gasteiger partial charge in [-0.25, -0.2) is 0 Å². The number of hydrogen-bond acceptors (Lipinski definition) is 4. The topological polar surface area (TPSA) is 58.4 Å². The molecule has 0 aliphatic carbocycles. The van der Waals surface area contributed by atoms with Crippen LogP contribution < -0.4 is 11.1 Å². The number of amides is 1. The molecule has 1 aliphatic heterocycles. The SMILES string of the molecule is Cc1c(CN2CCSCC2)cccc1NC(=O)C(C)C(N)c1ccccc1.Cl.Cl. The first-order chi connectivity index (χ1) is 13.1. The van der Waals surface area contributed by atoms with Crippen molar-refractivity contribution in [1.29, 1.82) is 0 Å². The van der Waals surface area contributed by atoms with Crippen molar-refractivity contribution in [1.82, 2.24) is 4.90 Å². The van der Waals surface area contributed by atoms with Crippen molar-refractivity contribution in [3.05, 3.63) is 65.2 Å². The molecule has 2 unspecified atom stereocenters. The number of nitrogens with zero attached hydrogens (tertiary/aromatic N) is 1. The average molecular weight is 456 g/mol. The van der Waals surface area contributed by atoms with Gasteiger partial charge < -0.3 is 11.1 Å². The fraction of sp³-hybridized carbons (Fsp3) is 0.409. The largest absolute Gasteiger partial charge is 0.326 e. The molecule has 1 fully saturated rings. The van der Waals surface area contributed by atoms with Gasteiger partial charge in [-0.3, -0.25) is 9.69 Å². The van der Waals surface area contributed by atoms with Gasteiger partial charge in [0.2, 0.25) is 5.91 Å². The zero-order valence-corrected chi connectivity index (χ0v) is 19.4. The summed E-state index contributed by atoms with van der Waals surface area (Å²) in [5.41, 5.74) is 10.6. The summed E-state index contributed by atoms with van der Waals surface area (Å²) in [5.74, 6) is 2.05. The minimum atomic E-state index is -0.319. The van der Waals surface area contributed by atoms with Crippen molar-refractivity contribution in [2.75, 3.05) is 29.9 Å². The number of thioether (sulfide) groups is 1. The highest BCUT2D eigenvalue weighted by molar-refractivity contribution is 7.99. The van der Waals surface area contributed by atoms with Crippen LogP contribution in [-0.4, -0.2) is 35.4 Å². The minimum Gasteiger partial charge on any atom is -0.326 e. The number of halogens is 2. The van der Waals surface area contributed by atoms with E-state index in [1.807, 2.05) is 61.2 Å². The highest BCUT2D eigenvalue weighted by Gasteiger charge is 2.23. The second-order valence-electron chi connectivity index (χ2n) is 7.19. The molecule has 160 valence electrons. The first-order valence-electron chi connectivity index (χ1n) is 9.56. The Balaban J connectivity index is 0.00000210. The predicted octanol–water partition coefficient (Wildman–Crippen LogP) is 4.66. The van der Waals surface area contributed by atoms with Crippen molar-refractivity contribution in [2.24, 2.45) is 11.7 Å². The average Bonchev–Trinajstić information content (AvgIpc) is 2.71. The third-order valence-corrected chi connectivity index (χ3v) is 6.28. The summed E-state index contributed by atoms with van der Waals surface area (Å²) in [6.45, 7) is 7.17. The molecule has 2 aromatic carbocycles. The van der Waals surface area contributed by atoms with Crippen LogP contribution in [0.1, 0.15) is 29.7 Å². The van der Waals surface area contributed by atoms with E-state index in [9.17, 15) is 4.79 Å². The lowest BCUT2D eigenvalue weighted by Gasteiger charge is -2.27. The molecule has 3 N–H and O–H groups in total. The van der Waals surface area contributed by atoms with Crippen molar-refractivity contribution < 1.29 is 4.79 Å². The number of anilines is 1. The zero-order valence-electron chi connectivity index (χ0n) is 17.0. The van der Waals surface area contributed by atoms with Crippen LogP contribution in [0.25, 0.3) is 0 Å². The number of nitrogens with two attached hydrogens (primary N) is 1. The van der Waals surface area contributed by atoms with Gasteiger partial charge in [-0.05, 0) is 29.7 Å². The monoisotopic (exact) mass is 455 g/mol. The molecule has 0 saturated carbocycles. The highest BCUT2D eigenvalue weighted by Crippen LogP contribution is 2.25. The van der Waals surface area contributed by atoms with E-state index >= 15 is 0 Å². The molecule has 1 amide bonds. The van der Waals surface area contributed by atoms with Gasteiger partial charge in [-0.2, -0.15) is 11.8 Å². The standard InChI is InChI=1S/C22H29N3OS.2ClH/c1-16-19(15-25-11-13-27-14-12-25)9-6-10-20(16)24-22(26)17(2)21(23)18-7-4-3-5-8-18;;/h3-10,17,21H,11-15,23H2,1-2H3,(H,24,26);2*1H. The number of nitrogens with one attached hydrogen (secondary N) is 1. The number of carbonyl (C=O) groups is 1. The van der Waals surface area contributed by atoms with Gasteiger partial charge in [-0.15, -0.1) is 24.8 Å². The third-order valence-electron chi connectivity index (χ3n) is 5.34. The van der Waals surface area contributed by atoms with E-state index in [4.69, 9.17) is 5.73 Å². The molecule has 0 radical (unpaired) electrons. The summed E-state index contributed by atoms with van der Waals surface area (Å²) in [7, 11) is 0. The number of carbonyl (C=O) groups excluding carboxylic acids is 1. The summed E-state index contributed by atoms with van der Waals surface area (Å²) in [5, 5.41) is 3.10. The summed E-state index contributed by atoms with van der Waals surface area (Å²) in [6.07, 6.45) is 0. The Kier molecular flexibility index (Phi) is 11.1. The van der Waals surface area contributed by atoms with Gasteiger partial charge in [0.1, 0.15) is 0 Å². The van der Waals surface area contributed by atoms with Crippen LogP contribution in [0.2, 0.25) is 0 Å². The Morgan fingerprint density at radius 1 is 1.10 bits per heavy atom. The van der Waals surface area contributed by atoms with Gasteiger partial charge in [0.25, 0.3) is 0 Å². The lowest BCUT2D eigenvalue weighted by Crippen LogP contribution is -2.32. The van der Waals surface area contributed by atoms with Gasteiger partial charge in [0.15, 0.2) is 0 Å². The van der Waals surface area contributed by atoms with Crippen LogP contribution >= 0.6 is 36.6 Å². The van der Waals surface area contributed by atoms with E-state index < -0.39 is 0 Å². The fourth-order valence-corrected chi connectivity index (χ4v) is 4.34. The maximum atomic E-state index is 12.8. The maximum Gasteiger partial charge on any atom is 0.229 e.